The van der Waals surface area contributed by atoms with Gasteiger partial charge >= 0.3 is 0 Å². The van der Waals surface area contributed by atoms with Crippen LogP contribution in [0.25, 0.3) is 0 Å². The van der Waals surface area contributed by atoms with Crippen molar-refractivity contribution in [3.63, 3.8) is 0 Å². The minimum atomic E-state index is -0.100. The molecule has 2 amide bonds. The zero-order valence-corrected chi connectivity index (χ0v) is 10.2. The number of likely N-dealkylation sites (tertiary alicyclic amines) is 1. The van der Waals surface area contributed by atoms with Crippen molar-refractivity contribution in [3.8, 4) is 0 Å². The van der Waals surface area contributed by atoms with Gasteiger partial charge in [-0.1, -0.05) is 0 Å². The molecule has 1 saturated heterocycles. The monoisotopic (exact) mass is 243 g/mol. The van der Waals surface area contributed by atoms with Crippen molar-refractivity contribution in [2.45, 2.75) is 12.8 Å². The second-order valence-corrected chi connectivity index (χ2v) is 4.26. The quantitative estimate of drug-likeness (QED) is 0.552. The molecular formula is C11H21N3O3. The van der Waals surface area contributed by atoms with Gasteiger partial charge in [-0.15, -0.1) is 0 Å². The van der Waals surface area contributed by atoms with Gasteiger partial charge in [-0.3, -0.25) is 14.5 Å². The highest BCUT2D eigenvalue weighted by atomic mass is 16.3. The third-order valence-electron chi connectivity index (χ3n) is 2.92. The van der Waals surface area contributed by atoms with Gasteiger partial charge < -0.3 is 15.7 Å². The van der Waals surface area contributed by atoms with E-state index < -0.39 is 0 Å². The van der Waals surface area contributed by atoms with Gasteiger partial charge in [-0.05, 0) is 19.4 Å². The molecule has 0 aromatic heterocycles. The number of piperidine rings is 1. The summed E-state index contributed by atoms with van der Waals surface area (Å²) in [5.74, 6) is -0.0681. The van der Waals surface area contributed by atoms with Crippen LogP contribution < -0.4 is 10.6 Å². The Balaban J connectivity index is 2.34. The van der Waals surface area contributed by atoms with Gasteiger partial charge in [0.2, 0.25) is 11.8 Å². The summed E-state index contributed by atoms with van der Waals surface area (Å²) in [5.41, 5.74) is 0. The molecule has 17 heavy (non-hydrogen) atoms. The first-order valence-electron chi connectivity index (χ1n) is 5.99. The summed E-state index contributed by atoms with van der Waals surface area (Å²) in [7, 11) is 1.63. The lowest BCUT2D eigenvalue weighted by Crippen LogP contribution is -2.46. The Morgan fingerprint density at radius 2 is 2.24 bits per heavy atom. The molecule has 0 aromatic carbocycles. The van der Waals surface area contributed by atoms with E-state index in [9.17, 15) is 9.59 Å². The first kappa shape index (κ1) is 13.9. The van der Waals surface area contributed by atoms with E-state index in [-0.39, 0.29) is 30.9 Å². The largest absolute Gasteiger partial charge is 0.395 e. The summed E-state index contributed by atoms with van der Waals surface area (Å²) in [6, 6.07) is 0. The number of amides is 2. The fraction of sp³-hybridized carbons (Fsp3) is 0.818. The maximum Gasteiger partial charge on any atom is 0.234 e. The van der Waals surface area contributed by atoms with E-state index in [0.717, 1.165) is 19.4 Å². The Morgan fingerprint density at radius 1 is 1.47 bits per heavy atom. The Kier molecular flexibility index (Phi) is 5.93. The van der Waals surface area contributed by atoms with E-state index in [1.807, 2.05) is 4.90 Å². The number of rotatable bonds is 5. The fourth-order valence-electron chi connectivity index (χ4n) is 2.07. The molecular weight excluding hydrogens is 222 g/mol. The van der Waals surface area contributed by atoms with Crippen LogP contribution in [0.15, 0.2) is 0 Å². The summed E-state index contributed by atoms with van der Waals surface area (Å²) in [6.45, 7) is 2.01. The van der Waals surface area contributed by atoms with Crippen LogP contribution in [0.1, 0.15) is 12.8 Å². The lowest BCUT2D eigenvalue weighted by molar-refractivity contribution is -0.128. The average Bonchev–Trinajstić information content (AvgIpc) is 2.35. The molecule has 1 heterocycles. The number of nitrogens with one attached hydrogen (secondary N) is 2. The van der Waals surface area contributed by atoms with Gasteiger partial charge in [0, 0.05) is 20.1 Å². The lowest BCUT2D eigenvalue weighted by Gasteiger charge is -2.31. The minimum Gasteiger partial charge on any atom is -0.395 e. The SMILES string of the molecule is CNC(=O)C1CCCN(CC(=O)NCCO)C1. The van der Waals surface area contributed by atoms with Gasteiger partial charge in [0.1, 0.15) is 0 Å². The number of hydrogen-bond acceptors (Lipinski definition) is 4. The molecule has 3 N–H and O–H groups in total. The van der Waals surface area contributed by atoms with Crippen LogP contribution in [0.3, 0.4) is 0 Å². The van der Waals surface area contributed by atoms with E-state index in [4.69, 9.17) is 5.11 Å². The molecule has 1 rings (SSSR count). The predicted molar refractivity (Wildman–Crippen MR) is 63.3 cm³/mol. The number of aliphatic hydroxyl groups is 1. The van der Waals surface area contributed by atoms with E-state index in [0.29, 0.717) is 13.1 Å². The first-order chi connectivity index (χ1) is 8.17. The highest BCUT2D eigenvalue weighted by molar-refractivity contribution is 5.79. The molecule has 0 aliphatic carbocycles. The Morgan fingerprint density at radius 3 is 2.88 bits per heavy atom. The van der Waals surface area contributed by atoms with E-state index in [1.54, 1.807) is 7.05 Å². The van der Waals surface area contributed by atoms with Crippen LogP contribution in [0.4, 0.5) is 0 Å². The molecule has 6 heteroatoms. The molecule has 6 nitrogen and oxygen atoms in total. The van der Waals surface area contributed by atoms with E-state index >= 15 is 0 Å². The van der Waals surface area contributed by atoms with Crippen LogP contribution in [-0.4, -0.2) is 61.7 Å². The highest BCUT2D eigenvalue weighted by Gasteiger charge is 2.25. The van der Waals surface area contributed by atoms with Crippen LogP contribution in [0.5, 0.6) is 0 Å². The molecule has 98 valence electrons. The predicted octanol–water partition coefficient (Wildman–Crippen LogP) is -1.45. The maximum atomic E-state index is 11.5. The number of nitrogens with zero attached hydrogens (tertiary/aromatic N) is 1. The normalized spacial score (nSPS) is 20.9. The minimum absolute atomic E-state index is 0.0145. The Bertz CT molecular complexity index is 271. The van der Waals surface area contributed by atoms with Crippen LogP contribution in [0.2, 0.25) is 0 Å². The maximum absolute atomic E-state index is 11.5. The fourth-order valence-corrected chi connectivity index (χ4v) is 2.07. The molecule has 1 atom stereocenters. The number of carbonyl (C=O) groups is 2. The van der Waals surface area contributed by atoms with Crippen molar-refractivity contribution < 1.29 is 14.7 Å². The van der Waals surface area contributed by atoms with Gasteiger partial charge in [-0.25, -0.2) is 0 Å². The third-order valence-corrected chi connectivity index (χ3v) is 2.92. The summed E-state index contributed by atoms with van der Waals surface area (Å²) in [6.07, 6.45) is 1.82. The summed E-state index contributed by atoms with van der Waals surface area (Å²) in [4.78, 5) is 24.9. The van der Waals surface area contributed by atoms with Gasteiger partial charge in [0.25, 0.3) is 0 Å². The molecule has 0 aromatic rings. The summed E-state index contributed by atoms with van der Waals surface area (Å²) >= 11 is 0. The second-order valence-electron chi connectivity index (χ2n) is 4.26. The third kappa shape index (κ3) is 4.70. The molecule has 1 fully saturated rings. The van der Waals surface area contributed by atoms with E-state index in [2.05, 4.69) is 10.6 Å². The Labute approximate surface area is 101 Å². The molecule has 0 saturated carbocycles. The average molecular weight is 243 g/mol. The standard InChI is InChI=1S/C11H21N3O3/c1-12-11(17)9-3-2-5-14(7-9)8-10(16)13-4-6-15/h9,15H,2-8H2,1H3,(H,12,17)(H,13,16). The summed E-state index contributed by atoms with van der Waals surface area (Å²) < 4.78 is 0. The van der Waals surface area contributed by atoms with E-state index in [1.165, 1.54) is 0 Å². The summed E-state index contributed by atoms with van der Waals surface area (Å²) in [5, 5.41) is 13.8. The van der Waals surface area contributed by atoms with Gasteiger partial charge in [-0.2, -0.15) is 0 Å². The molecule has 0 spiro atoms. The van der Waals surface area contributed by atoms with Crippen molar-refractivity contribution in [2.75, 3.05) is 39.8 Å². The zero-order valence-electron chi connectivity index (χ0n) is 10.2. The van der Waals surface area contributed by atoms with Crippen LogP contribution in [0, 0.1) is 5.92 Å². The zero-order chi connectivity index (χ0) is 12.7. The number of carbonyl (C=O) groups excluding carboxylic acids is 2. The Hall–Kier alpha value is -1.14. The van der Waals surface area contributed by atoms with Crippen molar-refractivity contribution in [3.05, 3.63) is 0 Å². The molecule has 1 unspecified atom stereocenters. The number of aliphatic hydroxyl groups excluding tert-OH is 1. The molecule has 1 aliphatic heterocycles. The van der Waals surface area contributed by atoms with Crippen molar-refractivity contribution in [1.29, 1.82) is 0 Å². The topological polar surface area (TPSA) is 81.7 Å². The van der Waals surface area contributed by atoms with Crippen LogP contribution in [-0.2, 0) is 9.59 Å². The molecule has 0 radical (unpaired) electrons. The molecule has 0 bridgehead atoms. The van der Waals surface area contributed by atoms with Gasteiger partial charge in [0.05, 0.1) is 19.1 Å². The van der Waals surface area contributed by atoms with Crippen LogP contribution >= 0.6 is 0 Å². The second kappa shape index (κ2) is 7.24. The van der Waals surface area contributed by atoms with Gasteiger partial charge in [0.15, 0.2) is 0 Å². The lowest BCUT2D eigenvalue weighted by atomic mass is 9.97. The van der Waals surface area contributed by atoms with Crippen molar-refractivity contribution in [2.24, 2.45) is 5.92 Å². The highest BCUT2D eigenvalue weighted by Crippen LogP contribution is 2.15. The smallest absolute Gasteiger partial charge is 0.234 e. The first-order valence-corrected chi connectivity index (χ1v) is 5.99. The van der Waals surface area contributed by atoms with Crippen molar-refractivity contribution >= 4 is 11.8 Å². The van der Waals surface area contributed by atoms with Crippen molar-refractivity contribution in [1.82, 2.24) is 15.5 Å². The molecule has 1 aliphatic rings. The number of hydrogen-bond donors (Lipinski definition) is 3.